The van der Waals surface area contributed by atoms with E-state index in [0.29, 0.717) is 25.3 Å². The van der Waals surface area contributed by atoms with Gasteiger partial charge in [0.05, 0.1) is 11.5 Å². The van der Waals surface area contributed by atoms with E-state index in [2.05, 4.69) is 11.8 Å². The molecule has 22 heavy (non-hydrogen) atoms. The number of sulfone groups is 1. The average molecular weight is 329 g/mol. The third-order valence-corrected chi connectivity index (χ3v) is 5.72. The molecule has 1 aromatic rings. The monoisotopic (exact) mass is 329 g/mol. The van der Waals surface area contributed by atoms with E-state index < -0.39 is 9.84 Å². The van der Waals surface area contributed by atoms with Gasteiger partial charge in [-0.3, -0.25) is 4.90 Å². The lowest BCUT2D eigenvalue weighted by molar-refractivity contribution is 0.167. The smallest absolute Gasteiger partial charge is 0.151 e. The van der Waals surface area contributed by atoms with Gasteiger partial charge in [0.25, 0.3) is 0 Å². The van der Waals surface area contributed by atoms with Crippen LogP contribution < -0.4 is 4.74 Å². The van der Waals surface area contributed by atoms with Gasteiger partial charge >= 0.3 is 0 Å². The summed E-state index contributed by atoms with van der Waals surface area (Å²) in [6.45, 7) is 4.09. The molecular formula is C16H24FNO3S. The third kappa shape index (κ3) is 5.25. The van der Waals surface area contributed by atoms with E-state index in [9.17, 15) is 12.8 Å². The highest BCUT2D eigenvalue weighted by Gasteiger charge is 2.31. The third-order valence-electron chi connectivity index (χ3n) is 3.97. The fraction of sp³-hybridized carbons (Fsp3) is 0.625. The minimum Gasteiger partial charge on any atom is -0.492 e. The van der Waals surface area contributed by atoms with Crippen molar-refractivity contribution >= 4 is 9.84 Å². The number of benzene rings is 1. The van der Waals surface area contributed by atoms with Crippen molar-refractivity contribution in [1.82, 2.24) is 4.90 Å². The molecule has 1 unspecified atom stereocenters. The zero-order valence-electron chi connectivity index (χ0n) is 13.0. The molecule has 1 aliphatic rings. The Kier molecular flexibility index (Phi) is 6.20. The van der Waals surface area contributed by atoms with Gasteiger partial charge in [0.15, 0.2) is 9.84 Å². The van der Waals surface area contributed by atoms with Gasteiger partial charge in [-0.2, -0.15) is 0 Å². The first-order valence-electron chi connectivity index (χ1n) is 7.83. The molecular weight excluding hydrogens is 305 g/mol. The Hall–Kier alpha value is -1.14. The highest BCUT2D eigenvalue weighted by molar-refractivity contribution is 7.91. The van der Waals surface area contributed by atoms with Gasteiger partial charge in [0.2, 0.25) is 0 Å². The second-order valence-electron chi connectivity index (χ2n) is 5.75. The lowest BCUT2D eigenvalue weighted by Gasteiger charge is -2.27. The number of rotatable bonds is 8. The van der Waals surface area contributed by atoms with Crippen LogP contribution in [0.2, 0.25) is 0 Å². The predicted octanol–water partition coefficient (Wildman–Crippen LogP) is 2.49. The highest BCUT2D eigenvalue weighted by atomic mass is 32.2. The van der Waals surface area contributed by atoms with E-state index in [1.165, 1.54) is 12.1 Å². The van der Waals surface area contributed by atoms with E-state index in [1.807, 2.05) is 0 Å². The Bertz CT molecular complexity index is 577. The Balaban J connectivity index is 1.87. The fourth-order valence-corrected chi connectivity index (χ4v) is 4.50. The molecule has 0 saturated carbocycles. The number of hydrogen-bond acceptors (Lipinski definition) is 4. The van der Waals surface area contributed by atoms with Crippen LogP contribution in [0.15, 0.2) is 24.3 Å². The Morgan fingerprint density at radius 3 is 2.82 bits per heavy atom. The molecule has 1 saturated heterocycles. The summed E-state index contributed by atoms with van der Waals surface area (Å²) in [6.07, 6.45) is 2.81. The van der Waals surface area contributed by atoms with Crippen molar-refractivity contribution < 1.29 is 17.5 Å². The first-order chi connectivity index (χ1) is 10.5. The standard InChI is InChI=1S/C16H24FNO3S/c1-2-3-8-18(15-7-11-22(19,20)13-15)9-10-21-16-6-4-5-14(17)12-16/h4-6,12,15H,2-3,7-11,13H2,1H3. The molecule has 0 radical (unpaired) electrons. The molecule has 1 aromatic carbocycles. The summed E-state index contributed by atoms with van der Waals surface area (Å²) in [5.74, 6) is 0.721. The summed E-state index contributed by atoms with van der Waals surface area (Å²) < 4.78 is 42.0. The first kappa shape index (κ1) is 17.2. The summed E-state index contributed by atoms with van der Waals surface area (Å²) in [5, 5.41) is 0. The molecule has 2 rings (SSSR count). The number of hydrogen-bond donors (Lipinski definition) is 0. The van der Waals surface area contributed by atoms with Crippen LogP contribution in [-0.2, 0) is 9.84 Å². The first-order valence-corrected chi connectivity index (χ1v) is 9.65. The SMILES string of the molecule is CCCCN(CCOc1cccc(F)c1)C1CCS(=O)(=O)C1. The van der Waals surface area contributed by atoms with Crippen molar-refractivity contribution in [3.63, 3.8) is 0 Å². The van der Waals surface area contributed by atoms with Crippen LogP contribution in [0.1, 0.15) is 26.2 Å². The van der Waals surface area contributed by atoms with Crippen LogP contribution in [0.25, 0.3) is 0 Å². The largest absolute Gasteiger partial charge is 0.492 e. The van der Waals surface area contributed by atoms with Crippen molar-refractivity contribution in [2.45, 2.75) is 32.2 Å². The van der Waals surface area contributed by atoms with Crippen molar-refractivity contribution in [3.05, 3.63) is 30.1 Å². The molecule has 1 aliphatic heterocycles. The zero-order valence-corrected chi connectivity index (χ0v) is 13.8. The van der Waals surface area contributed by atoms with E-state index in [4.69, 9.17) is 4.74 Å². The summed E-state index contributed by atoms with van der Waals surface area (Å²) >= 11 is 0. The lowest BCUT2D eigenvalue weighted by atomic mass is 10.2. The molecule has 0 aliphatic carbocycles. The molecule has 4 nitrogen and oxygen atoms in total. The van der Waals surface area contributed by atoms with Crippen LogP contribution >= 0.6 is 0 Å². The van der Waals surface area contributed by atoms with Crippen LogP contribution in [0.4, 0.5) is 4.39 Å². The summed E-state index contributed by atoms with van der Waals surface area (Å²) in [4.78, 5) is 2.20. The minimum absolute atomic E-state index is 0.0904. The number of ether oxygens (including phenoxy) is 1. The predicted molar refractivity (Wildman–Crippen MR) is 85.4 cm³/mol. The van der Waals surface area contributed by atoms with Crippen molar-refractivity contribution in [1.29, 1.82) is 0 Å². The maximum Gasteiger partial charge on any atom is 0.151 e. The maximum atomic E-state index is 13.1. The maximum absolute atomic E-state index is 13.1. The Labute approximate surface area is 132 Å². The topological polar surface area (TPSA) is 46.6 Å². The van der Waals surface area contributed by atoms with Crippen LogP contribution in [-0.4, -0.2) is 50.6 Å². The van der Waals surface area contributed by atoms with Crippen molar-refractivity contribution in [2.24, 2.45) is 0 Å². The molecule has 124 valence electrons. The van der Waals surface area contributed by atoms with E-state index in [0.717, 1.165) is 19.4 Å². The van der Waals surface area contributed by atoms with E-state index >= 15 is 0 Å². The molecule has 0 aromatic heterocycles. The molecule has 0 amide bonds. The molecule has 0 bridgehead atoms. The van der Waals surface area contributed by atoms with Gasteiger partial charge in [-0.1, -0.05) is 19.4 Å². The Morgan fingerprint density at radius 2 is 2.18 bits per heavy atom. The van der Waals surface area contributed by atoms with E-state index in [-0.39, 0.29) is 23.4 Å². The molecule has 6 heteroatoms. The second kappa shape index (κ2) is 7.92. The molecule has 1 heterocycles. The number of unbranched alkanes of at least 4 members (excludes halogenated alkanes) is 1. The number of halogens is 1. The highest BCUT2D eigenvalue weighted by Crippen LogP contribution is 2.18. The summed E-state index contributed by atoms with van der Waals surface area (Å²) in [6, 6.07) is 6.16. The zero-order chi connectivity index (χ0) is 16.0. The second-order valence-corrected chi connectivity index (χ2v) is 7.98. The van der Waals surface area contributed by atoms with Gasteiger partial charge in [0.1, 0.15) is 18.2 Å². The molecule has 1 atom stereocenters. The van der Waals surface area contributed by atoms with Crippen LogP contribution in [0.3, 0.4) is 0 Å². The van der Waals surface area contributed by atoms with Gasteiger partial charge in [0, 0.05) is 18.7 Å². The molecule has 1 fully saturated rings. The van der Waals surface area contributed by atoms with Crippen molar-refractivity contribution in [2.75, 3.05) is 31.2 Å². The van der Waals surface area contributed by atoms with Gasteiger partial charge in [-0.05, 0) is 31.5 Å². The lowest BCUT2D eigenvalue weighted by Crippen LogP contribution is -2.39. The molecule has 0 spiro atoms. The van der Waals surface area contributed by atoms with Crippen LogP contribution in [0.5, 0.6) is 5.75 Å². The molecule has 0 N–H and O–H groups in total. The quantitative estimate of drug-likeness (QED) is 0.735. The van der Waals surface area contributed by atoms with Gasteiger partial charge < -0.3 is 4.74 Å². The van der Waals surface area contributed by atoms with Crippen LogP contribution in [0, 0.1) is 5.82 Å². The minimum atomic E-state index is -2.88. The fourth-order valence-electron chi connectivity index (χ4n) is 2.74. The summed E-state index contributed by atoms with van der Waals surface area (Å²) in [7, 11) is -2.88. The summed E-state index contributed by atoms with van der Waals surface area (Å²) in [5.41, 5.74) is 0. The van der Waals surface area contributed by atoms with Gasteiger partial charge in [-0.15, -0.1) is 0 Å². The van der Waals surface area contributed by atoms with Gasteiger partial charge in [-0.25, -0.2) is 12.8 Å². The van der Waals surface area contributed by atoms with Crippen molar-refractivity contribution in [3.8, 4) is 5.75 Å². The normalized spacial score (nSPS) is 20.4. The van der Waals surface area contributed by atoms with E-state index in [1.54, 1.807) is 12.1 Å². The Morgan fingerprint density at radius 1 is 1.36 bits per heavy atom. The number of nitrogens with zero attached hydrogens (tertiary/aromatic N) is 1. The average Bonchev–Trinajstić information content (AvgIpc) is 2.83.